The van der Waals surface area contributed by atoms with Gasteiger partial charge in [0, 0.05) is 24.6 Å². The zero-order valence-electron chi connectivity index (χ0n) is 17.7. The highest BCUT2D eigenvalue weighted by atomic mass is 79.9. The monoisotopic (exact) mass is 523 g/mol. The fourth-order valence-corrected chi connectivity index (χ4v) is 4.04. The summed E-state index contributed by atoms with van der Waals surface area (Å²) >= 11 is 3.45. The molecule has 2 atom stereocenters. The van der Waals surface area contributed by atoms with E-state index in [1.807, 2.05) is 24.3 Å². The molecular weight excluding hydrogens is 502 g/mol. The third-order valence-electron chi connectivity index (χ3n) is 5.46. The van der Waals surface area contributed by atoms with Gasteiger partial charge in [-0.2, -0.15) is 18.3 Å². The van der Waals surface area contributed by atoms with Crippen molar-refractivity contribution in [3.8, 4) is 0 Å². The number of nitrogens with one attached hydrogen (secondary N) is 2. The Labute approximate surface area is 197 Å². The van der Waals surface area contributed by atoms with Crippen LogP contribution in [-0.2, 0) is 6.54 Å². The minimum Gasteiger partial charge on any atom is -0.302 e. The highest BCUT2D eigenvalue weighted by Crippen LogP contribution is 2.34. The summed E-state index contributed by atoms with van der Waals surface area (Å²) in [4.78, 5) is 4.61. The second kappa shape index (κ2) is 9.74. The molecule has 1 aromatic heterocycles. The Kier molecular flexibility index (Phi) is 6.96. The number of nitrogens with zero attached hydrogens (tertiary/aromatic N) is 3. The molecule has 2 unspecified atom stereocenters. The second-order valence-corrected chi connectivity index (χ2v) is 8.71. The van der Waals surface area contributed by atoms with Crippen LogP contribution < -0.4 is 10.6 Å². The third kappa shape index (κ3) is 5.69. The Bertz CT molecular complexity index is 1140. The smallest absolute Gasteiger partial charge is 0.302 e. The number of hydrogen-bond acceptors (Lipinski definition) is 4. The maximum absolute atomic E-state index is 14.4. The Balaban J connectivity index is 1.45. The second-order valence-electron chi connectivity index (χ2n) is 7.86. The molecule has 0 amide bonds. The lowest BCUT2D eigenvalue weighted by molar-refractivity contribution is -0.126. The summed E-state index contributed by atoms with van der Waals surface area (Å²) in [5.41, 5.74) is 2.81. The summed E-state index contributed by atoms with van der Waals surface area (Å²) in [6, 6.07) is 13.5. The highest BCUT2D eigenvalue weighted by molar-refractivity contribution is 9.10. The summed E-state index contributed by atoms with van der Waals surface area (Å²) in [5.74, 6) is 0.278. The van der Waals surface area contributed by atoms with Crippen molar-refractivity contribution in [3.05, 3.63) is 81.7 Å². The molecule has 0 aliphatic carbocycles. The van der Waals surface area contributed by atoms with Crippen LogP contribution in [0.15, 0.2) is 64.2 Å². The van der Waals surface area contributed by atoms with Crippen molar-refractivity contribution < 1.29 is 17.6 Å². The quantitative estimate of drug-likeness (QED) is 0.384. The molecule has 2 heterocycles. The lowest BCUT2D eigenvalue weighted by atomic mass is 10.0. The average molecular weight is 524 g/mol. The van der Waals surface area contributed by atoms with Crippen LogP contribution in [0, 0.1) is 5.82 Å². The van der Waals surface area contributed by atoms with Gasteiger partial charge in [0.05, 0.1) is 22.9 Å². The summed E-state index contributed by atoms with van der Waals surface area (Å²) < 4.78 is 54.1. The van der Waals surface area contributed by atoms with Gasteiger partial charge in [-0.15, -0.1) is 0 Å². The standard InChI is InChI=1S/C23H22BrF4N5/c1-14(30-13-23(26,27)28)16-8-6-15(7-9-16)11-29-21-10-20(17-4-2-3-5-19(17)25)32-22-18(24)12-31-33(21)22/h2-9,12,14,21,29-30H,10-11,13H2,1H3. The lowest BCUT2D eigenvalue weighted by Crippen LogP contribution is -2.32. The molecule has 2 aromatic carbocycles. The van der Waals surface area contributed by atoms with E-state index in [1.165, 1.54) is 6.07 Å². The van der Waals surface area contributed by atoms with Gasteiger partial charge in [0.25, 0.3) is 0 Å². The molecule has 0 radical (unpaired) electrons. The summed E-state index contributed by atoms with van der Waals surface area (Å²) in [7, 11) is 0. The Morgan fingerprint density at radius 3 is 2.58 bits per heavy atom. The first kappa shape index (κ1) is 23.6. The number of halogens is 5. The molecule has 33 heavy (non-hydrogen) atoms. The van der Waals surface area contributed by atoms with E-state index in [2.05, 4.69) is 36.7 Å². The number of rotatable bonds is 7. The molecule has 0 saturated carbocycles. The van der Waals surface area contributed by atoms with Crippen molar-refractivity contribution in [1.29, 1.82) is 0 Å². The number of aromatic nitrogens is 2. The number of aliphatic imine (C=N–C) groups is 1. The first-order valence-corrected chi connectivity index (χ1v) is 11.2. The van der Waals surface area contributed by atoms with Crippen molar-refractivity contribution >= 4 is 27.5 Å². The van der Waals surface area contributed by atoms with Gasteiger partial charge in [-0.05, 0) is 40.0 Å². The van der Waals surface area contributed by atoms with Crippen LogP contribution in [0.2, 0.25) is 0 Å². The van der Waals surface area contributed by atoms with E-state index >= 15 is 0 Å². The van der Waals surface area contributed by atoms with Crippen molar-refractivity contribution in [2.45, 2.75) is 38.3 Å². The largest absolute Gasteiger partial charge is 0.401 e. The first-order chi connectivity index (χ1) is 15.7. The fraction of sp³-hybridized carbons (Fsp3) is 0.304. The highest BCUT2D eigenvalue weighted by Gasteiger charge is 2.28. The van der Waals surface area contributed by atoms with Crippen LogP contribution in [0.3, 0.4) is 0 Å². The predicted molar refractivity (Wildman–Crippen MR) is 122 cm³/mol. The van der Waals surface area contributed by atoms with Crippen LogP contribution in [-0.4, -0.2) is 28.2 Å². The van der Waals surface area contributed by atoms with E-state index < -0.39 is 18.8 Å². The predicted octanol–water partition coefficient (Wildman–Crippen LogP) is 5.81. The van der Waals surface area contributed by atoms with Crippen molar-refractivity contribution in [2.24, 2.45) is 4.99 Å². The maximum atomic E-state index is 14.4. The first-order valence-electron chi connectivity index (χ1n) is 10.4. The van der Waals surface area contributed by atoms with Crippen LogP contribution in [0.4, 0.5) is 23.4 Å². The van der Waals surface area contributed by atoms with E-state index in [1.54, 1.807) is 36.0 Å². The molecule has 1 aliphatic rings. The Morgan fingerprint density at radius 2 is 1.88 bits per heavy atom. The van der Waals surface area contributed by atoms with E-state index in [0.29, 0.717) is 34.5 Å². The minimum atomic E-state index is -4.25. The molecule has 0 bridgehead atoms. The van der Waals surface area contributed by atoms with E-state index in [-0.39, 0.29) is 12.0 Å². The summed E-state index contributed by atoms with van der Waals surface area (Å²) in [6.07, 6.45) is -2.39. The molecule has 0 spiro atoms. The summed E-state index contributed by atoms with van der Waals surface area (Å²) in [5, 5.41) is 10.3. The van der Waals surface area contributed by atoms with Crippen LogP contribution in [0.1, 0.15) is 42.2 Å². The molecule has 2 N–H and O–H groups in total. The fourth-order valence-electron chi connectivity index (χ4n) is 3.68. The van der Waals surface area contributed by atoms with Crippen molar-refractivity contribution in [3.63, 3.8) is 0 Å². The van der Waals surface area contributed by atoms with E-state index in [0.717, 1.165) is 11.1 Å². The molecule has 3 aromatic rings. The minimum absolute atomic E-state index is 0.245. The van der Waals surface area contributed by atoms with Crippen LogP contribution >= 0.6 is 15.9 Å². The molecule has 4 rings (SSSR count). The van der Waals surface area contributed by atoms with Gasteiger partial charge < -0.3 is 5.32 Å². The molecule has 5 nitrogen and oxygen atoms in total. The van der Waals surface area contributed by atoms with E-state index in [4.69, 9.17) is 0 Å². The Hall–Kier alpha value is -2.56. The average Bonchev–Trinajstić information content (AvgIpc) is 3.17. The van der Waals surface area contributed by atoms with Gasteiger partial charge >= 0.3 is 6.18 Å². The number of alkyl halides is 3. The molecule has 10 heteroatoms. The number of benzene rings is 2. The third-order valence-corrected chi connectivity index (χ3v) is 6.02. The van der Waals surface area contributed by atoms with Gasteiger partial charge in [0.1, 0.15) is 12.0 Å². The SMILES string of the molecule is CC(NCC(F)(F)F)c1ccc(CNC2CC(c3ccccc3F)=Nc3c(Br)cnn32)cc1. The van der Waals surface area contributed by atoms with Gasteiger partial charge in [-0.3, -0.25) is 5.32 Å². The maximum Gasteiger partial charge on any atom is 0.401 e. The molecule has 1 aliphatic heterocycles. The zero-order valence-corrected chi connectivity index (χ0v) is 19.3. The topological polar surface area (TPSA) is 54.2 Å². The normalized spacial score (nSPS) is 16.9. The number of fused-ring (bicyclic) bond motifs is 1. The lowest BCUT2D eigenvalue weighted by Gasteiger charge is -2.26. The van der Waals surface area contributed by atoms with Gasteiger partial charge in [0.2, 0.25) is 0 Å². The van der Waals surface area contributed by atoms with Crippen LogP contribution in [0.5, 0.6) is 0 Å². The Morgan fingerprint density at radius 1 is 1.15 bits per heavy atom. The zero-order chi connectivity index (χ0) is 23.6. The van der Waals surface area contributed by atoms with E-state index in [9.17, 15) is 17.6 Å². The molecule has 0 fully saturated rings. The molecular formula is C23H22BrF4N5. The van der Waals surface area contributed by atoms with Gasteiger partial charge in [0.15, 0.2) is 5.82 Å². The van der Waals surface area contributed by atoms with Crippen molar-refractivity contribution in [2.75, 3.05) is 6.54 Å². The van der Waals surface area contributed by atoms with Gasteiger partial charge in [-0.1, -0.05) is 42.5 Å². The summed E-state index contributed by atoms with van der Waals surface area (Å²) in [6.45, 7) is 1.16. The molecule has 0 saturated heterocycles. The number of hydrogen-bond donors (Lipinski definition) is 2. The molecule has 174 valence electrons. The van der Waals surface area contributed by atoms with Crippen LogP contribution in [0.25, 0.3) is 0 Å². The van der Waals surface area contributed by atoms with Gasteiger partial charge in [-0.25, -0.2) is 14.1 Å². The van der Waals surface area contributed by atoms with Crippen molar-refractivity contribution in [1.82, 2.24) is 20.4 Å².